The number of fused-ring (bicyclic) bond motifs is 2. The summed E-state index contributed by atoms with van der Waals surface area (Å²) in [5.74, 6) is 0. The lowest BCUT2D eigenvalue weighted by molar-refractivity contribution is -0.167. The van der Waals surface area contributed by atoms with Gasteiger partial charge in [-0.3, -0.25) is 4.98 Å². The number of benzene rings is 1. The summed E-state index contributed by atoms with van der Waals surface area (Å²) in [6.07, 6.45) is 2.80. The van der Waals surface area contributed by atoms with Crippen molar-refractivity contribution in [3.63, 3.8) is 0 Å². The molecule has 3 aromatic heterocycles. The second-order valence-corrected chi connectivity index (χ2v) is 12.2. The van der Waals surface area contributed by atoms with E-state index in [0.717, 1.165) is 68.0 Å². The van der Waals surface area contributed by atoms with E-state index in [2.05, 4.69) is 20.9 Å². The quantitative estimate of drug-likeness (QED) is 0.277. The van der Waals surface area contributed by atoms with Gasteiger partial charge in [0, 0.05) is 58.1 Å². The third-order valence-electron chi connectivity index (χ3n) is 7.92. The van der Waals surface area contributed by atoms with Gasteiger partial charge < -0.3 is 25.0 Å². The summed E-state index contributed by atoms with van der Waals surface area (Å²) in [5.41, 5.74) is 3.11. The number of alkyl halides is 2. The molecule has 1 fully saturated rings. The van der Waals surface area contributed by atoms with Crippen LogP contribution >= 0.6 is 22.9 Å². The Morgan fingerprint density at radius 2 is 2.00 bits per heavy atom. The lowest BCUT2D eigenvalue weighted by atomic mass is 9.80. The molecule has 8 nitrogen and oxygen atoms in total. The van der Waals surface area contributed by atoms with Gasteiger partial charge >= 0.3 is 0 Å². The van der Waals surface area contributed by atoms with E-state index in [4.69, 9.17) is 11.6 Å². The van der Waals surface area contributed by atoms with Crippen LogP contribution < -0.4 is 5.32 Å². The topological polar surface area (TPSA) is 101 Å². The molecule has 2 atom stereocenters. The number of hydrogen-bond donors (Lipinski definition) is 3. The Bertz CT molecular complexity index is 1640. The van der Waals surface area contributed by atoms with Gasteiger partial charge in [-0.1, -0.05) is 11.6 Å². The van der Waals surface area contributed by atoms with Crippen LogP contribution in [0.25, 0.3) is 32.2 Å². The van der Waals surface area contributed by atoms with Gasteiger partial charge in [-0.25, -0.2) is 13.7 Å². The Labute approximate surface area is 244 Å². The number of aliphatic hydroxyl groups is 2. The van der Waals surface area contributed by atoms with Crippen molar-refractivity contribution in [2.45, 2.75) is 44.9 Å². The van der Waals surface area contributed by atoms with E-state index >= 15 is 0 Å². The van der Waals surface area contributed by atoms with Crippen molar-refractivity contribution in [2.24, 2.45) is 5.41 Å². The molecule has 1 saturated heterocycles. The van der Waals surface area contributed by atoms with Crippen molar-refractivity contribution in [3.05, 3.63) is 64.9 Å². The molecule has 6 rings (SSSR count). The Balaban J connectivity index is 1.38. The molecule has 0 bridgehead atoms. The summed E-state index contributed by atoms with van der Waals surface area (Å²) in [6, 6.07) is 12.3. The van der Waals surface area contributed by atoms with E-state index in [9.17, 15) is 24.3 Å². The number of pyridine rings is 1. The SMILES string of the molecule is N#CC1(Cn2ccc3cc(Cl)cc(-c4ccnc5cc(CN6C(O)C=CN(CC(F)F)C6O)sc45)c32)CCNCC1. The van der Waals surface area contributed by atoms with Gasteiger partial charge in [0.2, 0.25) is 0 Å². The lowest BCUT2D eigenvalue weighted by Crippen LogP contribution is -2.53. The summed E-state index contributed by atoms with van der Waals surface area (Å²) in [7, 11) is 0. The molecule has 0 aliphatic carbocycles. The van der Waals surface area contributed by atoms with Crippen molar-refractivity contribution in [1.82, 2.24) is 24.7 Å². The highest BCUT2D eigenvalue weighted by molar-refractivity contribution is 7.19. The number of thiophene rings is 1. The second kappa shape index (κ2) is 11.3. The van der Waals surface area contributed by atoms with E-state index in [0.29, 0.717) is 11.6 Å². The van der Waals surface area contributed by atoms with E-state index in [1.807, 2.05) is 36.5 Å². The average Bonchev–Trinajstić information content (AvgIpc) is 3.56. The fourth-order valence-corrected chi connectivity index (χ4v) is 7.21. The maximum Gasteiger partial charge on any atom is 0.255 e. The number of rotatable bonds is 7. The van der Waals surface area contributed by atoms with Gasteiger partial charge in [0.1, 0.15) is 6.23 Å². The van der Waals surface area contributed by atoms with Crippen LogP contribution in [0.5, 0.6) is 0 Å². The molecule has 2 aliphatic rings. The zero-order valence-corrected chi connectivity index (χ0v) is 23.6. The maximum absolute atomic E-state index is 13.0. The number of halogens is 3. The minimum absolute atomic E-state index is 0.132. The standard InChI is InChI=1S/C29H29ClF2N6O2S/c30-19-11-18-2-9-37(17-29(16-33)4-7-34-8-5-29)26(18)22(12-19)21-1-6-35-23-13-20(41-27(21)23)14-38-25(39)3-10-36(28(38)40)15-24(31)32/h1-3,6,9-13,24-25,28,34,39-40H,4-5,7-8,14-15,17H2. The Morgan fingerprint density at radius 1 is 1.20 bits per heavy atom. The zero-order chi connectivity index (χ0) is 28.7. The molecule has 0 amide bonds. The van der Waals surface area contributed by atoms with Crippen LogP contribution in [-0.2, 0) is 13.1 Å². The van der Waals surface area contributed by atoms with Crippen LogP contribution in [0.15, 0.2) is 55.0 Å². The largest absolute Gasteiger partial charge is 0.374 e. The fourth-order valence-electron chi connectivity index (χ4n) is 5.84. The van der Waals surface area contributed by atoms with E-state index in [1.165, 1.54) is 28.5 Å². The minimum atomic E-state index is -2.63. The van der Waals surface area contributed by atoms with Crippen molar-refractivity contribution >= 4 is 44.1 Å². The molecule has 0 spiro atoms. The predicted molar refractivity (Wildman–Crippen MR) is 155 cm³/mol. The molecule has 41 heavy (non-hydrogen) atoms. The van der Waals surface area contributed by atoms with Gasteiger partial charge in [-0.05, 0) is 62.3 Å². The van der Waals surface area contributed by atoms with Crippen molar-refractivity contribution in [3.8, 4) is 17.2 Å². The number of hydrogen-bond acceptors (Lipinski definition) is 8. The summed E-state index contributed by atoms with van der Waals surface area (Å²) in [6.45, 7) is 1.68. The van der Waals surface area contributed by atoms with E-state index < -0.39 is 31.0 Å². The maximum atomic E-state index is 13.0. The number of piperidine rings is 1. The average molecular weight is 599 g/mol. The predicted octanol–water partition coefficient (Wildman–Crippen LogP) is 4.96. The molecule has 5 heterocycles. The van der Waals surface area contributed by atoms with Gasteiger partial charge in [0.15, 0.2) is 6.35 Å². The first kappa shape index (κ1) is 28.0. The van der Waals surface area contributed by atoms with Crippen LogP contribution in [0, 0.1) is 16.7 Å². The van der Waals surface area contributed by atoms with Crippen LogP contribution in [0.4, 0.5) is 8.78 Å². The van der Waals surface area contributed by atoms with Gasteiger partial charge in [-0.15, -0.1) is 11.3 Å². The highest BCUT2D eigenvalue weighted by atomic mass is 35.5. The number of nitriles is 1. The van der Waals surface area contributed by atoms with Crippen molar-refractivity contribution in [2.75, 3.05) is 19.6 Å². The summed E-state index contributed by atoms with van der Waals surface area (Å²) >= 11 is 8.05. The van der Waals surface area contributed by atoms with E-state index in [-0.39, 0.29) is 6.54 Å². The Hall–Kier alpha value is -3.11. The third-order valence-corrected chi connectivity index (χ3v) is 9.28. The molecular weight excluding hydrogens is 570 g/mol. The highest BCUT2D eigenvalue weighted by Gasteiger charge is 2.34. The Morgan fingerprint density at radius 3 is 2.76 bits per heavy atom. The van der Waals surface area contributed by atoms with Crippen LogP contribution in [0.2, 0.25) is 5.02 Å². The van der Waals surface area contributed by atoms with Gasteiger partial charge in [0.05, 0.1) is 33.8 Å². The third kappa shape index (κ3) is 5.44. The summed E-state index contributed by atoms with van der Waals surface area (Å²) in [4.78, 5) is 7.80. The highest BCUT2D eigenvalue weighted by Crippen LogP contribution is 2.41. The summed E-state index contributed by atoms with van der Waals surface area (Å²) < 4.78 is 29.1. The second-order valence-electron chi connectivity index (χ2n) is 10.6. The molecule has 4 aromatic rings. The van der Waals surface area contributed by atoms with Crippen LogP contribution in [0.3, 0.4) is 0 Å². The molecule has 214 valence electrons. The molecule has 3 N–H and O–H groups in total. The first-order chi connectivity index (χ1) is 19.8. The summed E-state index contributed by atoms with van der Waals surface area (Å²) in [5, 5.41) is 36.2. The zero-order valence-electron chi connectivity index (χ0n) is 22.1. The minimum Gasteiger partial charge on any atom is -0.374 e. The molecular formula is C29H29ClF2N6O2S. The Kier molecular flexibility index (Phi) is 7.72. The monoisotopic (exact) mass is 598 g/mol. The molecule has 0 radical (unpaired) electrons. The lowest BCUT2D eigenvalue weighted by Gasteiger charge is -2.40. The molecule has 0 saturated carbocycles. The number of nitrogens with one attached hydrogen (secondary N) is 1. The first-order valence-electron chi connectivity index (χ1n) is 13.4. The fraction of sp³-hybridized carbons (Fsp3) is 0.379. The molecule has 1 aromatic carbocycles. The smallest absolute Gasteiger partial charge is 0.255 e. The molecule has 2 unspecified atom stereocenters. The molecule has 12 heteroatoms. The van der Waals surface area contributed by atoms with Crippen molar-refractivity contribution in [1.29, 1.82) is 5.26 Å². The van der Waals surface area contributed by atoms with Crippen LogP contribution in [0.1, 0.15) is 17.7 Å². The van der Waals surface area contributed by atoms with Crippen molar-refractivity contribution < 1.29 is 19.0 Å². The van der Waals surface area contributed by atoms with Gasteiger partial charge in [-0.2, -0.15) is 5.26 Å². The number of nitrogens with zero attached hydrogens (tertiary/aromatic N) is 5. The first-order valence-corrected chi connectivity index (χ1v) is 14.6. The number of aliphatic hydroxyl groups excluding tert-OH is 2. The van der Waals surface area contributed by atoms with Gasteiger partial charge in [0.25, 0.3) is 6.43 Å². The number of aromatic nitrogens is 2. The van der Waals surface area contributed by atoms with Crippen LogP contribution in [-0.4, -0.2) is 68.2 Å². The molecule has 2 aliphatic heterocycles. The van der Waals surface area contributed by atoms with E-state index in [1.54, 1.807) is 6.20 Å². The normalized spacial score (nSPS) is 21.2.